The zero-order valence-electron chi connectivity index (χ0n) is 17.6. The first kappa shape index (κ1) is 23.2. The minimum absolute atomic E-state index is 0.0390. The number of phenolic OH excluding ortho intramolecular Hbond substituents is 1. The first-order chi connectivity index (χ1) is 15.7. The third-order valence-electron chi connectivity index (χ3n) is 5.12. The fraction of sp³-hybridized carbons (Fsp3) is 0.174. The number of nitrogens with zero attached hydrogens (tertiary/aromatic N) is 1. The number of rotatable bonds is 0. The number of para-hydroxylation sites is 1. The molecule has 4 rings (SSSR count). The van der Waals surface area contributed by atoms with Gasteiger partial charge in [-0.1, -0.05) is 18.2 Å². The van der Waals surface area contributed by atoms with Crippen LogP contribution >= 0.6 is 15.9 Å². The lowest BCUT2D eigenvalue weighted by atomic mass is 10.0. The number of hydrogen-bond donors (Lipinski definition) is 2. The molecule has 0 spiro atoms. The Balaban J connectivity index is 1.92. The standard InChI is InChI=1S/C23H19BrF2N2O4S/c1-12-11-28(2)23(30)13-7-16(24)22(29)21(8-13)33(31)27-19-9-15(17(25)10-18(19)26)14-5-3-4-6-20(14)32-12/h3-10,12,27,29H,11H2,1-2H3. The van der Waals surface area contributed by atoms with Crippen LogP contribution in [0.25, 0.3) is 11.1 Å². The summed E-state index contributed by atoms with van der Waals surface area (Å²) in [5.74, 6) is -2.21. The number of ether oxygens (including phenoxy) is 1. The summed E-state index contributed by atoms with van der Waals surface area (Å²) in [6.45, 7) is 1.96. The first-order valence-corrected chi connectivity index (χ1v) is 11.8. The molecular formula is C23H19BrF2N2O4S. The molecule has 0 fully saturated rings. The zero-order chi connectivity index (χ0) is 23.9. The first-order valence-electron chi connectivity index (χ1n) is 9.87. The van der Waals surface area contributed by atoms with Gasteiger partial charge in [-0.15, -0.1) is 0 Å². The minimum Gasteiger partial charge on any atom is -0.505 e. The largest absolute Gasteiger partial charge is 0.505 e. The number of fused-ring (bicyclic) bond motifs is 6. The van der Waals surface area contributed by atoms with Gasteiger partial charge in [0, 0.05) is 29.8 Å². The van der Waals surface area contributed by atoms with Gasteiger partial charge in [-0.05, 0) is 47.1 Å². The van der Waals surface area contributed by atoms with E-state index in [2.05, 4.69) is 20.7 Å². The van der Waals surface area contributed by atoms with E-state index in [1.165, 1.54) is 23.1 Å². The van der Waals surface area contributed by atoms with Crippen molar-refractivity contribution in [1.29, 1.82) is 0 Å². The summed E-state index contributed by atoms with van der Waals surface area (Å²) < 4.78 is 51.0. The van der Waals surface area contributed by atoms with E-state index in [1.54, 1.807) is 38.2 Å². The molecule has 3 aromatic rings. The highest BCUT2D eigenvalue weighted by Gasteiger charge is 2.24. The number of nitrogens with one attached hydrogen (secondary N) is 1. The Morgan fingerprint density at radius 3 is 2.64 bits per heavy atom. The molecule has 0 saturated carbocycles. The molecule has 0 aromatic heterocycles. The number of aromatic hydroxyl groups is 1. The van der Waals surface area contributed by atoms with Gasteiger partial charge >= 0.3 is 0 Å². The maximum absolute atomic E-state index is 14.8. The average Bonchev–Trinajstić information content (AvgIpc) is 2.76. The van der Waals surface area contributed by atoms with Gasteiger partial charge in [0.15, 0.2) is 11.0 Å². The Kier molecular flexibility index (Phi) is 6.40. The van der Waals surface area contributed by atoms with Crippen molar-refractivity contribution in [3.05, 3.63) is 70.2 Å². The molecular weight excluding hydrogens is 518 g/mol. The van der Waals surface area contributed by atoms with Gasteiger partial charge < -0.3 is 14.7 Å². The maximum Gasteiger partial charge on any atom is 0.253 e. The number of halogens is 3. The summed E-state index contributed by atoms with van der Waals surface area (Å²) >= 11 is 3.17. The number of anilines is 1. The maximum atomic E-state index is 14.8. The van der Waals surface area contributed by atoms with Crippen molar-refractivity contribution in [3.8, 4) is 22.6 Å². The van der Waals surface area contributed by atoms with Crippen LogP contribution in [0.5, 0.6) is 11.5 Å². The Bertz CT molecular complexity index is 1290. The number of amides is 1. The van der Waals surface area contributed by atoms with Gasteiger partial charge in [0.25, 0.3) is 5.91 Å². The Morgan fingerprint density at radius 1 is 1.15 bits per heavy atom. The van der Waals surface area contributed by atoms with Gasteiger partial charge in [-0.25, -0.2) is 13.0 Å². The predicted molar refractivity (Wildman–Crippen MR) is 125 cm³/mol. The summed E-state index contributed by atoms with van der Waals surface area (Å²) in [6, 6.07) is 11.2. The number of likely N-dealkylation sites (N-methyl/N-ethyl adjacent to an activating group) is 1. The molecule has 0 aliphatic carbocycles. The quantitative estimate of drug-likeness (QED) is 0.419. The summed E-state index contributed by atoms with van der Waals surface area (Å²) in [5, 5.41) is 10.4. The molecule has 0 saturated heterocycles. The van der Waals surface area contributed by atoms with Crippen molar-refractivity contribution < 1.29 is 27.6 Å². The molecule has 1 amide bonds. The molecule has 1 aliphatic heterocycles. The van der Waals surface area contributed by atoms with Crippen LogP contribution in [0, 0.1) is 11.6 Å². The molecule has 4 bridgehead atoms. The monoisotopic (exact) mass is 536 g/mol. The highest BCUT2D eigenvalue weighted by atomic mass is 79.9. The van der Waals surface area contributed by atoms with Gasteiger partial charge in [0.1, 0.15) is 34.1 Å². The summed E-state index contributed by atoms with van der Waals surface area (Å²) in [6.07, 6.45) is -0.472. The molecule has 10 heteroatoms. The molecule has 3 aromatic carbocycles. The van der Waals surface area contributed by atoms with Crippen LogP contribution in [-0.2, 0) is 11.0 Å². The van der Waals surface area contributed by atoms with E-state index in [0.717, 1.165) is 0 Å². The highest BCUT2D eigenvalue weighted by molar-refractivity contribution is 9.10. The molecule has 33 heavy (non-hydrogen) atoms. The second-order valence-electron chi connectivity index (χ2n) is 7.60. The predicted octanol–water partition coefficient (Wildman–Crippen LogP) is 5.09. The normalized spacial score (nSPS) is 18.5. The third kappa shape index (κ3) is 4.58. The fourth-order valence-electron chi connectivity index (χ4n) is 3.56. The van der Waals surface area contributed by atoms with Crippen molar-refractivity contribution >= 4 is 38.5 Å². The lowest BCUT2D eigenvalue weighted by Gasteiger charge is -2.24. The van der Waals surface area contributed by atoms with Crippen molar-refractivity contribution in [2.45, 2.75) is 17.9 Å². The van der Waals surface area contributed by atoms with Crippen molar-refractivity contribution in [2.75, 3.05) is 18.3 Å². The van der Waals surface area contributed by atoms with Gasteiger partial charge in [-0.2, -0.15) is 0 Å². The van der Waals surface area contributed by atoms with Crippen LogP contribution < -0.4 is 9.46 Å². The third-order valence-corrected chi connectivity index (χ3v) is 6.84. The minimum atomic E-state index is -2.17. The van der Waals surface area contributed by atoms with E-state index < -0.39 is 34.6 Å². The van der Waals surface area contributed by atoms with Crippen LogP contribution in [0.3, 0.4) is 0 Å². The van der Waals surface area contributed by atoms with Crippen LogP contribution in [-0.4, -0.2) is 39.8 Å². The van der Waals surface area contributed by atoms with Gasteiger partial charge in [0.05, 0.1) is 16.7 Å². The van der Waals surface area contributed by atoms with Crippen LogP contribution in [0.1, 0.15) is 17.3 Å². The van der Waals surface area contributed by atoms with E-state index in [1.807, 2.05) is 0 Å². The lowest BCUT2D eigenvalue weighted by molar-refractivity contribution is 0.0727. The van der Waals surface area contributed by atoms with Crippen molar-refractivity contribution in [1.82, 2.24) is 4.90 Å². The number of benzene rings is 3. The number of carbonyl (C=O) groups is 1. The van der Waals surface area contributed by atoms with E-state index in [-0.39, 0.29) is 38.5 Å². The SMILES string of the molecule is CC1CN(C)C(=O)c2cc(Br)c(O)c(c2)S(=O)Nc2cc(c(F)cc2F)-c2ccccc2O1. The van der Waals surface area contributed by atoms with Gasteiger partial charge in [0.2, 0.25) is 0 Å². The highest BCUT2D eigenvalue weighted by Crippen LogP contribution is 2.37. The molecule has 2 unspecified atom stereocenters. The molecule has 6 nitrogen and oxygen atoms in total. The molecule has 0 radical (unpaired) electrons. The van der Waals surface area contributed by atoms with E-state index >= 15 is 0 Å². The van der Waals surface area contributed by atoms with Crippen LogP contribution in [0.15, 0.2) is 57.9 Å². The van der Waals surface area contributed by atoms with Gasteiger partial charge in [-0.3, -0.25) is 9.52 Å². The summed E-state index contributed by atoms with van der Waals surface area (Å²) in [5.41, 5.74) is 0.324. The van der Waals surface area contributed by atoms with Crippen LogP contribution in [0.4, 0.5) is 14.5 Å². The summed E-state index contributed by atoms with van der Waals surface area (Å²) in [7, 11) is -0.588. The second-order valence-corrected chi connectivity index (χ2v) is 9.63. The van der Waals surface area contributed by atoms with E-state index in [9.17, 15) is 22.9 Å². The molecule has 2 N–H and O–H groups in total. The second kappa shape index (κ2) is 9.11. The molecule has 172 valence electrons. The zero-order valence-corrected chi connectivity index (χ0v) is 20.0. The number of hydrogen-bond acceptors (Lipinski definition) is 4. The van der Waals surface area contributed by atoms with Crippen molar-refractivity contribution in [3.63, 3.8) is 0 Å². The number of carbonyl (C=O) groups excluding carboxylic acids is 1. The Morgan fingerprint density at radius 2 is 1.88 bits per heavy atom. The average molecular weight is 537 g/mol. The van der Waals surface area contributed by atoms with Crippen LogP contribution in [0.2, 0.25) is 0 Å². The van der Waals surface area contributed by atoms with E-state index in [4.69, 9.17) is 4.74 Å². The fourth-order valence-corrected chi connectivity index (χ4v) is 5.14. The topological polar surface area (TPSA) is 78.9 Å². The molecule has 1 heterocycles. The lowest BCUT2D eigenvalue weighted by Crippen LogP contribution is -2.35. The Labute approximate surface area is 199 Å². The number of phenols is 1. The Hall–Kier alpha value is -2.98. The summed E-state index contributed by atoms with van der Waals surface area (Å²) in [4.78, 5) is 14.3. The van der Waals surface area contributed by atoms with Crippen molar-refractivity contribution in [2.24, 2.45) is 0 Å². The van der Waals surface area contributed by atoms with E-state index in [0.29, 0.717) is 17.4 Å². The molecule has 2 atom stereocenters. The smallest absolute Gasteiger partial charge is 0.253 e. The molecule has 1 aliphatic rings.